The van der Waals surface area contributed by atoms with E-state index >= 15 is 0 Å². The van der Waals surface area contributed by atoms with Crippen LogP contribution in [0.15, 0.2) is 72.8 Å². The van der Waals surface area contributed by atoms with Crippen LogP contribution in [0.4, 0.5) is 0 Å². The first-order valence-electron chi connectivity index (χ1n) is 11.1. The summed E-state index contributed by atoms with van der Waals surface area (Å²) < 4.78 is 6.87. The van der Waals surface area contributed by atoms with E-state index in [-0.39, 0.29) is 6.10 Å². The minimum absolute atomic E-state index is 0.0178. The van der Waals surface area contributed by atoms with Crippen LogP contribution in [0, 0.1) is 11.8 Å². The van der Waals surface area contributed by atoms with Gasteiger partial charge in [-0.15, -0.1) is 0 Å². The van der Waals surface area contributed by atoms with E-state index in [1.807, 2.05) is 0 Å². The molecule has 0 atom stereocenters. The number of aliphatic carboxylic acids is 2. The molecule has 4 rings (SSSR count). The molecular formula is C26H32N2O5. The predicted molar refractivity (Wildman–Crippen MR) is 126 cm³/mol. The van der Waals surface area contributed by atoms with E-state index < -0.39 is 11.9 Å². The van der Waals surface area contributed by atoms with Gasteiger partial charge in [0, 0.05) is 50.2 Å². The maximum Gasteiger partial charge on any atom is 0.328 e. The highest BCUT2D eigenvalue weighted by atomic mass is 16.5. The van der Waals surface area contributed by atoms with Crippen molar-refractivity contribution in [3.8, 4) is 0 Å². The molecule has 7 heteroatoms. The lowest BCUT2D eigenvalue weighted by atomic mass is 9.81. The third-order valence-corrected chi connectivity index (χ3v) is 5.98. The van der Waals surface area contributed by atoms with Crippen molar-refractivity contribution in [2.75, 3.05) is 40.3 Å². The number of nitrogens with zero attached hydrogens (tertiary/aromatic N) is 2. The Kier molecular flexibility index (Phi) is 8.77. The van der Waals surface area contributed by atoms with Gasteiger partial charge in [0.15, 0.2) is 0 Å². The second-order valence-electron chi connectivity index (χ2n) is 8.77. The number of hydrogen-bond donors (Lipinski definition) is 2. The number of carboxylic acids is 2. The SMILES string of the molecule is CN1CC2CN(C)CC(C1)C2OC(c1ccccc1)c1ccccc1.O=C(O)/C=C/C(=O)O. The summed E-state index contributed by atoms with van der Waals surface area (Å²) in [7, 11) is 4.49. The molecule has 2 aliphatic heterocycles. The van der Waals surface area contributed by atoms with Crippen LogP contribution in [-0.2, 0) is 14.3 Å². The molecule has 2 aromatic carbocycles. The monoisotopic (exact) mass is 452 g/mol. The predicted octanol–water partition coefficient (Wildman–Crippen LogP) is 3.00. The van der Waals surface area contributed by atoms with Gasteiger partial charge in [0.25, 0.3) is 0 Å². The Bertz CT molecular complexity index is 849. The number of carbonyl (C=O) groups is 2. The summed E-state index contributed by atoms with van der Waals surface area (Å²) in [5.41, 5.74) is 2.50. The minimum Gasteiger partial charge on any atom is -0.478 e. The average molecular weight is 453 g/mol. The molecule has 2 N–H and O–H groups in total. The molecule has 0 saturated carbocycles. The van der Waals surface area contributed by atoms with Crippen molar-refractivity contribution >= 4 is 11.9 Å². The van der Waals surface area contributed by atoms with Gasteiger partial charge in [-0.25, -0.2) is 9.59 Å². The summed E-state index contributed by atoms with van der Waals surface area (Å²) in [6.07, 6.45) is 1.46. The van der Waals surface area contributed by atoms with Gasteiger partial charge >= 0.3 is 11.9 Å². The lowest BCUT2D eigenvalue weighted by Crippen LogP contribution is -2.59. The second-order valence-corrected chi connectivity index (χ2v) is 8.77. The number of benzene rings is 2. The molecule has 33 heavy (non-hydrogen) atoms. The molecular weight excluding hydrogens is 420 g/mol. The van der Waals surface area contributed by atoms with Gasteiger partial charge in [-0.3, -0.25) is 0 Å². The zero-order valence-electron chi connectivity index (χ0n) is 19.1. The summed E-state index contributed by atoms with van der Waals surface area (Å²) in [6.45, 7) is 4.51. The highest BCUT2D eigenvalue weighted by Crippen LogP contribution is 2.36. The van der Waals surface area contributed by atoms with E-state index in [9.17, 15) is 9.59 Å². The number of fused-ring (bicyclic) bond motifs is 2. The third kappa shape index (κ3) is 7.25. The Labute approximate surface area is 194 Å². The molecule has 2 bridgehead atoms. The topological polar surface area (TPSA) is 90.3 Å². The molecule has 7 nitrogen and oxygen atoms in total. The van der Waals surface area contributed by atoms with Crippen molar-refractivity contribution in [3.63, 3.8) is 0 Å². The summed E-state index contributed by atoms with van der Waals surface area (Å²) in [5.74, 6) is -1.35. The van der Waals surface area contributed by atoms with Crippen LogP contribution in [-0.4, -0.2) is 78.3 Å². The normalized spacial score (nSPS) is 23.2. The summed E-state index contributed by atoms with van der Waals surface area (Å²) in [5, 5.41) is 15.6. The van der Waals surface area contributed by atoms with Crippen LogP contribution in [0.3, 0.4) is 0 Å². The Hall–Kier alpha value is -3.00. The van der Waals surface area contributed by atoms with E-state index in [4.69, 9.17) is 14.9 Å². The van der Waals surface area contributed by atoms with E-state index in [2.05, 4.69) is 84.6 Å². The molecule has 2 aliphatic rings. The molecule has 0 unspecified atom stereocenters. The van der Waals surface area contributed by atoms with Crippen LogP contribution in [0.2, 0.25) is 0 Å². The van der Waals surface area contributed by atoms with Crippen LogP contribution in [0.5, 0.6) is 0 Å². The summed E-state index contributed by atoms with van der Waals surface area (Å²) in [4.78, 5) is 24.1. The number of likely N-dealkylation sites (tertiary alicyclic amines) is 2. The quantitative estimate of drug-likeness (QED) is 0.651. The highest BCUT2D eigenvalue weighted by molar-refractivity contribution is 5.89. The first-order chi connectivity index (χ1) is 15.8. The molecule has 0 aliphatic carbocycles. The maximum absolute atomic E-state index is 9.55. The lowest BCUT2D eigenvalue weighted by Gasteiger charge is -2.49. The van der Waals surface area contributed by atoms with E-state index in [0.29, 0.717) is 30.1 Å². The van der Waals surface area contributed by atoms with Crippen molar-refractivity contribution in [1.82, 2.24) is 9.80 Å². The van der Waals surface area contributed by atoms with Gasteiger partial charge in [0.2, 0.25) is 0 Å². The van der Waals surface area contributed by atoms with Gasteiger partial charge in [-0.05, 0) is 25.2 Å². The first kappa shape index (κ1) is 24.6. The molecule has 2 fully saturated rings. The lowest BCUT2D eigenvalue weighted by molar-refractivity contribution is -0.134. The summed E-state index contributed by atoms with van der Waals surface area (Å²) in [6, 6.07) is 21.3. The molecule has 2 heterocycles. The van der Waals surface area contributed by atoms with Crippen molar-refractivity contribution < 1.29 is 24.5 Å². The Morgan fingerprint density at radius 2 is 1.15 bits per heavy atom. The van der Waals surface area contributed by atoms with Gasteiger partial charge in [0.05, 0.1) is 6.10 Å². The fraction of sp³-hybridized carbons (Fsp3) is 0.385. The molecule has 2 aromatic rings. The zero-order chi connectivity index (χ0) is 23.8. The van der Waals surface area contributed by atoms with E-state index in [1.165, 1.54) is 11.1 Å². The maximum atomic E-state index is 9.55. The Morgan fingerprint density at radius 3 is 1.48 bits per heavy atom. The van der Waals surface area contributed by atoms with Gasteiger partial charge < -0.3 is 24.7 Å². The fourth-order valence-electron chi connectivity index (χ4n) is 4.79. The van der Waals surface area contributed by atoms with Crippen LogP contribution in [0.25, 0.3) is 0 Å². The Morgan fingerprint density at radius 1 is 0.788 bits per heavy atom. The Balaban J connectivity index is 0.000000331. The zero-order valence-corrected chi connectivity index (χ0v) is 19.1. The van der Waals surface area contributed by atoms with Crippen molar-refractivity contribution in [2.24, 2.45) is 11.8 Å². The standard InChI is InChI=1S/C22H28N2O.C4H4O4/c1-23-13-19-15-24(2)16-20(14-23)22(19)25-21(17-9-5-3-6-10-17)18-11-7-4-8-12-18;5-3(6)1-2-4(7)8/h3-12,19-22H,13-16H2,1-2H3;1-2H,(H,5,6)(H,7,8)/b;2-1+. The van der Waals surface area contributed by atoms with Crippen molar-refractivity contribution in [2.45, 2.75) is 12.2 Å². The first-order valence-corrected chi connectivity index (χ1v) is 11.1. The molecule has 2 saturated heterocycles. The molecule has 0 radical (unpaired) electrons. The number of piperidine rings is 2. The average Bonchev–Trinajstić information content (AvgIpc) is 2.78. The fourth-order valence-corrected chi connectivity index (χ4v) is 4.79. The summed E-state index contributed by atoms with van der Waals surface area (Å²) >= 11 is 0. The molecule has 0 amide bonds. The van der Waals surface area contributed by atoms with Gasteiger partial charge in [-0.2, -0.15) is 0 Å². The highest BCUT2D eigenvalue weighted by Gasteiger charge is 2.42. The van der Waals surface area contributed by atoms with Crippen LogP contribution < -0.4 is 0 Å². The van der Waals surface area contributed by atoms with Gasteiger partial charge in [-0.1, -0.05) is 60.7 Å². The second kappa shape index (κ2) is 11.7. The van der Waals surface area contributed by atoms with E-state index in [1.54, 1.807) is 0 Å². The van der Waals surface area contributed by atoms with Crippen molar-refractivity contribution in [1.29, 1.82) is 0 Å². The van der Waals surface area contributed by atoms with Gasteiger partial charge in [0.1, 0.15) is 6.10 Å². The van der Waals surface area contributed by atoms with E-state index in [0.717, 1.165) is 26.2 Å². The third-order valence-electron chi connectivity index (χ3n) is 5.98. The minimum atomic E-state index is -1.26. The number of rotatable bonds is 6. The van der Waals surface area contributed by atoms with Crippen molar-refractivity contribution in [3.05, 3.63) is 83.9 Å². The largest absolute Gasteiger partial charge is 0.478 e. The smallest absolute Gasteiger partial charge is 0.328 e. The number of ether oxygens (including phenoxy) is 1. The molecule has 0 aromatic heterocycles. The number of hydrogen-bond acceptors (Lipinski definition) is 5. The molecule has 0 spiro atoms. The molecule has 176 valence electrons. The number of carboxylic acid groups (broad SMARTS) is 2. The van der Waals surface area contributed by atoms with Crippen LogP contribution >= 0.6 is 0 Å². The van der Waals surface area contributed by atoms with Crippen LogP contribution in [0.1, 0.15) is 17.2 Å².